The van der Waals surface area contributed by atoms with Gasteiger partial charge in [-0.15, -0.1) is 0 Å². The van der Waals surface area contributed by atoms with Crippen LogP contribution < -0.4 is 10.1 Å². The standard InChI is InChI=1S/C25H22ClN3O4S/c1-32-20-12-10-19(11-13-20)27-23(30)15-33-24(31)16-34-25-28-21-4-2-3-5-22(21)29(25)14-17-6-8-18(26)9-7-17/h2-13H,14-16H2,1H3,(H,27,30). The van der Waals surface area contributed by atoms with Gasteiger partial charge in [0.15, 0.2) is 11.8 Å². The molecule has 0 aliphatic carbocycles. The van der Waals surface area contributed by atoms with Gasteiger partial charge in [-0.25, -0.2) is 4.98 Å². The predicted octanol–water partition coefficient (Wildman–Crippen LogP) is 5.02. The summed E-state index contributed by atoms with van der Waals surface area (Å²) in [5, 5.41) is 4.04. The number of para-hydroxylation sites is 2. The molecule has 0 bridgehead atoms. The smallest absolute Gasteiger partial charge is 0.316 e. The maximum atomic E-state index is 12.3. The number of anilines is 1. The second kappa shape index (κ2) is 11.1. The van der Waals surface area contributed by atoms with E-state index in [4.69, 9.17) is 21.1 Å². The number of carbonyl (C=O) groups is 2. The first-order valence-electron chi connectivity index (χ1n) is 10.4. The molecule has 0 unspecified atom stereocenters. The summed E-state index contributed by atoms with van der Waals surface area (Å²) in [5.41, 5.74) is 3.46. The van der Waals surface area contributed by atoms with E-state index < -0.39 is 11.9 Å². The van der Waals surface area contributed by atoms with Gasteiger partial charge in [0.2, 0.25) is 0 Å². The van der Waals surface area contributed by atoms with Crippen LogP contribution >= 0.6 is 23.4 Å². The number of fused-ring (bicyclic) bond motifs is 1. The molecule has 7 nitrogen and oxygen atoms in total. The van der Waals surface area contributed by atoms with Crippen LogP contribution in [-0.4, -0.2) is 40.9 Å². The molecule has 174 valence electrons. The molecule has 1 N–H and O–H groups in total. The number of halogens is 1. The maximum absolute atomic E-state index is 12.3. The largest absolute Gasteiger partial charge is 0.497 e. The highest BCUT2D eigenvalue weighted by atomic mass is 35.5. The van der Waals surface area contributed by atoms with Gasteiger partial charge >= 0.3 is 5.97 Å². The Bertz CT molecular complexity index is 1290. The van der Waals surface area contributed by atoms with Crippen LogP contribution in [-0.2, 0) is 20.9 Å². The SMILES string of the molecule is COc1ccc(NC(=O)COC(=O)CSc2nc3ccccc3n2Cc2ccc(Cl)cc2)cc1. The summed E-state index contributed by atoms with van der Waals surface area (Å²) in [7, 11) is 1.57. The summed E-state index contributed by atoms with van der Waals surface area (Å²) >= 11 is 7.27. The van der Waals surface area contributed by atoms with Crippen molar-refractivity contribution in [3.05, 3.63) is 83.4 Å². The number of aromatic nitrogens is 2. The van der Waals surface area contributed by atoms with Crippen molar-refractivity contribution >= 4 is 52.0 Å². The zero-order chi connectivity index (χ0) is 23.9. The minimum absolute atomic E-state index is 0.0275. The number of amides is 1. The van der Waals surface area contributed by atoms with E-state index in [1.165, 1.54) is 11.8 Å². The van der Waals surface area contributed by atoms with Gasteiger partial charge in [-0.2, -0.15) is 0 Å². The van der Waals surface area contributed by atoms with E-state index >= 15 is 0 Å². The van der Waals surface area contributed by atoms with Crippen LogP contribution in [0.15, 0.2) is 78.0 Å². The van der Waals surface area contributed by atoms with Gasteiger partial charge in [-0.1, -0.05) is 47.6 Å². The number of nitrogens with zero attached hydrogens (tertiary/aromatic N) is 2. The molecule has 0 radical (unpaired) electrons. The summed E-state index contributed by atoms with van der Waals surface area (Å²) in [5.74, 6) is -0.207. The Balaban J connectivity index is 1.35. The first-order chi connectivity index (χ1) is 16.5. The maximum Gasteiger partial charge on any atom is 0.316 e. The van der Waals surface area contributed by atoms with Crippen molar-refractivity contribution in [3.63, 3.8) is 0 Å². The summed E-state index contributed by atoms with van der Waals surface area (Å²) in [6.45, 7) is 0.214. The van der Waals surface area contributed by atoms with Crippen molar-refractivity contribution in [1.29, 1.82) is 0 Å². The van der Waals surface area contributed by atoms with Gasteiger partial charge in [-0.05, 0) is 54.1 Å². The first kappa shape index (κ1) is 23.7. The van der Waals surface area contributed by atoms with E-state index in [2.05, 4.69) is 10.3 Å². The van der Waals surface area contributed by atoms with Gasteiger partial charge in [0.05, 0.1) is 30.4 Å². The van der Waals surface area contributed by atoms with Gasteiger partial charge in [0.25, 0.3) is 5.91 Å². The van der Waals surface area contributed by atoms with Crippen molar-refractivity contribution in [2.75, 3.05) is 24.8 Å². The number of rotatable bonds is 9. The van der Waals surface area contributed by atoms with E-state index in [1.807, 2.05) is 53.1 Å². The number of ether oxygens (including phenoxy) is 2. The summed E-state index contributed by atoms with van der Waals surface area (Å²) in [4.78, 5) is 29.0. The molecule has 3 aromatic carbocycles. The normalized spacial score (nSPS) is 10.8. The van der Waals surface area contributed by atoms with Crippen molar-refractivity contribution in [1.82, 2.24) is 9.55 Å². The molecule has 1 heterocycles. The minimum Gasteiger partial charge on any atom is -0.497 e. The highest BCUT2D eigenvalue weighted by Crippen LogP contribution is 2.26. The zero-order valence-corrected chi connectivity index (χ0v) is 19.9. The second-order valence-corrected chi connectivity index (χ2v) is 8.70. The van der Waals surface area contributed by atoms with Crippen LogP contribution in [0.3, 0.4) is 0 Å². The summed E-state index contributed by atoms with van der Waals surface area (Å²) in [6.07, 6.45) is 0. The van der Waals surface area contributed by atoms with Crippen molar-refractivity contribution < 1.29 is 19.1 Å². The van der Waals surface area contributed by atoms with Crippen LogP contribution in [0.5, 0.6) is 5.75 Å². The fourth-order valence-electron chi connectivity index (χ4n) is 3.27. The Hall–Kier alpha value is -3.49. The molecule has 0 saturated carbocycles. The van der Waals surface area contributed by atoms with Gasteiger partial charge in [0, 0.05) is 10.7 Å². The predicted molar refractivity (Wildman–Crippen MR) is 134 cm³/mol. The Morgan fingerprint density at radius 1 is 1.03 bits per heavy atom. The Kier molecular flexibility index (Phi) is 7.72. The average Bonchev–Trinajstić information content (AvgIpc) is 3.20. The lowest BCUT2D eigenvalue weighted by Crippen LogP contribution is -2.21. The number of methoxy groups -OCH3 is 1. The number of carbonyl (C=O) groups excluding carboxylic acids is 2. The van der Waals surface area contributed by atoms with Crippen LogP contribution in [0.2, 0.25) is 5.02 Å². The average molecular weight is 496 g/mol. The molecule has 0 spiro atoms. The fourth-order valence-corrected chi connectivity index (χ4v) is 4.21. The molecule has 1 amide bonds. The van der Waals surface area contributed by atoms with Gasteiger partial charge < -0.3 is 19.4 Å². The third-order valence-corrected chi connectivity index (χ3v) is 6.13. The highest BCUT2D eigenvalue weighted by molar-refractivity contribution is 7.99. The van der Waals surface area contributed by atoms with Crippen LogP contribution in [0.1, 0.15) is 5.56 Å². The number of benzene rings is 3. The fraction of sp³-hybridized carbons (Fsp3) is 0.160. The molecule has 0 aliphatic heterocycles. The molecule has 1 aromatic heterocycles. The van der Waals surface area contributed by atoms with Crippen molar-refractivity contribution in [2.45, 2.75) is 11.7 Å². The quantitative estimate of drug-likeness (QED) is 0.259. The zero-order valence-electron chi connectivity index (χ0n) is 18.4. The number of hydrogen-bond acceptors (Lipinski definition) is 6. The Morgan fingerprint density at radius 3 is 2.50 bits per heavy atom. The lowest BCUT2D eigenvalue weighted by atomic mass is 10.2. The second-order valence-electron chi connectivity index (χ2n) is 7.32. The Morgan fingerprint density at radius 2 is 1.76 bits per heavy atom. The number of esters is 1. The third kappa shape index (κ3) is 6.09. The molecular weight excluding hydrogens is 474 g/mol. The minimum atomic E-state index is -0.500. The monoisotopic (exact) mass is 495 g/mol. The van der Waals surface area contributed by atoms with E-state index in [1.54, 1.807) is 31.4 Å². The van der Waals surface area contributed by atoms with Crippen LogP contribution in [0, 0.1) is 0 Å². The van der Waals surface area contributed by atoms with Gasteiger partial charge in [-0.3, -0.25) is 9.59 Å². The Labute approximate surface area is 206 Å². The molecule has 0 fully saturated rings. The topological polar surface area (TPSA) is 82.4 Å². The molecule has 0 saturated heterocycles. The molecule has 4 aromatic rings. The lowest BCUT2D eigenvalue weighted by Gasteiger charge is -2.10. The number of hydrogen-bond donors (Lipinski definition) is 1. The van der Waals surface area contributed by atoms with E-state index in [9.17, 15) is 9.59 Å². The molecule has 0 aliphatic rings. The van der Waals surface area contributed by atoms with Crippen molar-refractivity contribution in [3.8, 4) is 5.75 Å². The molecule has 4 rings (SSSR count). The number of thioether (sulfide) groups is 1. The third-order valence-electron chi connectivity index (χ3n) is 4.93. The molecule has 34 heavy (non-hydrogen) atoms. The van der Waals surface area contributed by atoms with E-state index in [0.29, 0.717) is 28.2 Å². The molecule has 0 atom stereocenters. The van der Waals surface area contributed by atoms with Crippen LogP contribution in [0.25, 0.3) is 11.0 Å². The molecule has 9 heteroatoms. The van der Waals surface area contributed by atoms with Crippen molar-refractivity contribution in [2.24, 2.45) is 0 Å². The van der Waals surface area contributed by atoms with E-state index in [-0.39, 0.29) is 12.4 Å². The summed E-state index contributed by atoms with van der Waals surface area (Å²) < 4.78 is 12.3. The molecular formula is C25H22ClN3O4S. The lowest BCUT2D eigenvalue weighted by molar-refractivity contribution is -0.144. The van der Waals surface area contributed by atoms with Gasteiger partial charge in [0.1, 0.15) is 5.75 Å². The number of nitrogens with one attached hydrogen (secondary N) is 1. The van der Waals surface area contributed by atoms with E-state index in [0.717, 1.165) is 16.6 Å². The first-order valence-corrected chi connectivity index (χ1v) is 11.8. The number of imidazole rings is 1. The van der Waals surface area contributed by atoms with Crippen LogP contribution in [0.4, 0.5) is 5.69 Å². The highest BCUT2D eigenvalue weighted by Gasteiger charge is 2.15. The summed E-state index contributed by atoms with van der Waals surface area (Å²) in [6, 6.07) is 22.3.